The Hall–Kier alpha value is -2.44. The standard InChI is InChI=1S/C19H28N2O5/c1-19(2,3)26-18(23)21-12-5-6-16(21)17(22)20-11-13-25-15-9-7-14(24-4)8-10-15/h7-10,16H,5-6,11-13H2,1-4H3,(H,20,22). The van der Waals surface area contributed by atoms with E-state index in [-0.39, 0.29) is 5.91 Å². The molecule has 0 radical (unpaired) electrons. The normalized spacial score (nSPS) is 16.9. The number of nitrogens with one attached hydrogen (secondary N) is 1. The van der Waals surface area contributed by atoms with Gasteiger partial charge in [0.15, 0.2) is 0 Å². The van der Waals surface area contributed by atoms with Gasteiger partial charge in [0.2, 0.25) is 5.91 Å². The van der Waals surface area contributed by atoms with Crippen LogP contribution in [0.1, 0.15) is 33.6 Å². The molecule has 0 saturated carbocycles. The molecule has 1 atom stereocenters. The van der Waals surface area contributed by atoms with Crippen LogP contribution >= 0.6 is 0 Å². The molecule has 1 aliphatic heterocycles. The van der Waals surface area contributed by atoms with Crippen molar-refractivity contribution in [3.05, 3.63) is 24.3 Å². The fourth-order valence-electron chi connectivity index (χ4n) is 2.71. The first-order valence-electron chi connectivity index (χ1n) is 8.84. The van der Waals surface area contributed by atoms with Crippen molar-refractivity contribution >= 4 is 12.0 Å². The molecule has 1 aromatic carbocycles. The lowest BCUT2D eigenvalue weighted by atomic mass is 10.2. The summed E-state index contributed by atoms with van der Waals surface area (Å²) in [7, 11) is 1.61. The highest BCUT2D eigenvalue weighted by molar-refractivity contribution is 5.86. The average Bonchev–Trinajstić information content (AvgIpc) is 3.07. The summed E-state index contributed by atoms with van der Waals surface area (Å²) < 4.78 is 16.0. The predicted octanol–water partition coefficient (Wildman–Crippen LogP) is 2.59. The summed E-state index contributed by atoms with van der Waals surface area (Å²) >= 11 is 0. The van der Waals surface area contributed by atoms with Crippen molar-refractivity contribution in [2.75, 3.05) is 26.8 Å². The molecule has 1 aliphatic rings. The lowest BCUT2D eigenvalue weighted by molar-refractivity contribution is -0.125. The molecule has 26 heavy (non-hydrogen) atoms. The predicted molar refractivity (Wildman–Crippen MR) is 97.5 cm³/mol. The van der Waals surface area contributed by atoms with E-state index >= 15 is 0 Å². The summed E-state index contributed by atoms with van der Waals surface area (Å²) in [6.45, 7) is 6.68. The molecule has 144 valence electrons. The summed E-state index contributed by atoms with van der Waals surface area (Å²) in [6.07, 6.45) is 0.994. The van der Waals surface area contributed by atoms with Crippen molar-refractivity contribution in [2.45, 2.75) is 45.3 Å². The Labute approximate surface area is 154 Å². The number of benzene rings is 1. The number of carbonyl (C=O) groups is 2. The van der Waals surface area contributed by atoms with Crippen molar-refractivity contribution < 1.29 is 23.8 Å². The summed E-state index contributed by atoms with van der Waals surface area (Å²) in [5, 5.41) is 2.83. The van der Waals surface area contributed by atoms with Crippen LogP contribution in [0.2, 0.25) is 0 Å². The molecule has 0 aliphatic carbocycles. The minimum Gasteiger partial charge on any atom is -0.497 e. The number of methoxy groups -OCH3 is 1. The molecule has 1 fully saturated rings. The second kappa shape index (κ2) is 8.78. The van der Waals surface area contributed by atoms with E-state index in [0.717, 1.165) is 12.2 Å². The molecule has 0 spiro atoms. The molecule has 2 amide bonds. The lowest BCUT2D eigenvalue weighted by Gasteiger charge is -2.28. The number of hydrogen-bond donors (Lipinski definition) is 1. The van der Waals surface area contributed by atoms with Crippen LogP contribution in [0.15, 0.2) is 24.3 Å². The van der Waals surface area contributed by atoms with Gasteiger partial charge in [-0.1, -0.05) is 0 Å². The van der Waals surface area contributed by atoms with Crippen molar-refractivity contribution in [1.29, 1.82) is 0 Å². The Morgan fingerprint density at radius 3 is 2.46 bits per heavy atom. The van der Waals surface area contributed by atoms with E-state index in [0.29, 0.717) is 31.9 Å². The molecule has 1 N–H and O–H groups in total. The minimum absolute atomic E-state index is 0.174. The van der Waals surface area contributed by atoms with E-state index in [1.807, 2.05) is 45.0 Å². The van der Waals surface area contributed by atoms with Gasteiger partial charge in [0.05, 0.1) is 13.7 Å². The summed E-state index contributed by atoms with van der Waals surface area (Å²) in [5.41, 5.74) is -0.576. The quantitative estimate of drug-likeness (QED) is 0.785. The molecular formula is C19H28N2O5. The fraction of sp³-hybridized carbons (Fsp3) is 0.579. The first-order chi connectivity index (χ1) is 12.3. The van der Waals surface area contributed by atoms with Crippen molar-refractivity contribution in [3.8, 4) is 11.5 Å². The maximum Gasteiger partial charge on any atom is 0.410 e. The molecule has 1 aromatic rings. The third-order valence-corrected chi connectivity index (χ3v) is 3.91. The zero-order chi connectivity index (χ0) is 19.2. The van der Waals surface area contributed by atoms with Crippen molar-refractivity contribution in [3.63, 3.8) is 0 Å². The molecule has 1 heterocycles. The molecule has 1 saturated heterocycles. The largest absolute Gasteiger partial charge is 0.497 e. The zero-order valence-corrected chi connectivity index (χ0v) is 15.9. The highest BCUT2D eigenvalue weighted by Crippen LogP contribution is 2.21. The van der Waals surface area contributed by atoms with E-state index in [2.05, 4.69) is 5.32 Å². The van der Waals surface area contributed by atoms with E-state index in [1.165, 1.54) is 4.90 Å². The van der Waals surface area contributed by atoms with Gasteiger partial charge in [-0.3, -0.25) is 9.69 Å². The Morgan fingerprint density at radius 2 is 1.85 bits per heavy atom. The van der Waals surface area contributed by atoms with Crippen LogP contribution in [0.25, 0.3) is 0 Å². The highest BCUT2D eigenvalue weighted by atomic mass is 16.6. The van der Waals surface area contributed by atoms with Gasteiger partial charge < -0.3 is 19.5 Å². The van der Waals surface area contributed by atoms with E-state index in [4.69, 9.17) is 14.2 Å². The van der Waals surface area contributed by atoms with Crippen LogP contribution in [0.5, 0.6) is 11.5 Å². The maximum atomic E-state index is 12.4. The van der Waals surface area contributed by atoms with E-state index in [1.54, 1.807) is 7.11 Å². The SMILES string of the molecule is COc1ccc(OCCNC(=O)C2CCCN2C(=O)OC(C)(C)C)cc1. The van der Waals surface area contributed by atoms with Gasteiger partial charge >= 0.3 is 6.09 Å². The maximum absolute atomic E-state index is 12.4. The fourth-order valence-corrected chi connectivity index (χ4v) is 2.71. The first kappa shape index (κ1) is 19.9. The van der Waals surface area contributed by atoms with Crippen molar-refractivity contribution in [2.24, 2.45) is 0 Å². The van der Waals surface area contributed by atoms with E-state index < -0.39 is 17.7 Å². The molecule has 0 bridgehead atoms. The first-order valence-corrected chi connectivity index (χ1v) is 8.84. The van der Waals surface area contributed by atoms with Crippen LogP contribution in [0, 0.1) is 0 Å². The third-order valence-electron chi connectivity index (χ3n) is 3.91. The molecule has 0 aromatic heterocycles. The summed E-state index contributed by atoms with van der Waals surface area (Å²) in [5.74, 6) is 1.29. The molecule has 7 nitrogen and oxygen atoms in total. The second-order valence-electron chi connectivity index (χ2n) is 7.15. The van der Waals surface area contributed by atoms with Gasteiger partial charge in [-0.15, -0.1) is 0 Å². The Bertz CT molecular complexity index is 609. The molecule has 7 heteroatoms. The topological polar surface area (TPSA) is 77.1 Å². The number of hydrogen-bond acceptors (Lipinski definition) is 5. The van der Waals surface area contributed by atoms with Crippen molar-refractivity contribution in [1.82, 2.24) is 10.2 Å². The Balaban J connectivity index is 1.76. The number of likely N-dealkylation sites (tertiary alicyclic amines) is 1. The number of amides is 2. The van der Waals surface area contributed by atoms with E-state index in [9.17, 15) is 9.59 Å². The number of rotatable bonds is 6. The summed E-state index contributed by atoms with van der Waals surface area (Å²) in [6, 6.07) is 6.76. The lowest BCUT2D eigenvalue weighted by Crippen LogP contribution is -2.48. The number of ether oxygens (including phenoxy) is 3. The zero-order valence-electron chi connectivity index (χ0n) is 15.9. The van der Waals surface area contributed by atoms with Gasteiger partial charge in [0, 0.05) is 6.54 Å². The van der Waals surface area contributed by atoms with Crippen LogP contribution < -0.4 is 14.8 Å². The van der Waals surface area contributed by atoms with Crippen LogP contribution in [-0.2, 0) is 9.53 Å². The Kier molecular flexibility index (Phi) is 6.71. The van der Waals surface area contributed by atoms with Gasteiger partial charge in [-0.25, -0.2) is 4.79 Å². The number of nitrogens with zero attached hydrogens (tertiary/aromatic N) is 1. The second-order valence-corrected chi connectivity index (χ2v) is 7.15. The molecule has 1 unspecified atom stereocenters. The summed E-state index contributed by atoms with van der Waals surface area (Å²) in [4.78, 5) is 26.1. The Morgan fingerprint density at radius 1 is 1.19 bits per heavy atom. The minimum atomic E-state index is -0.576. The van der Waals surface area contributed by atoms with Crippen LogP contribution in [0.3, 0.4) is 0 Å². The highest BCUT2D eigenvalue weighted by Gasteiger charge is 2.36. The van der Waals surface area contributed by atoms with Gasteiger partial charge in [0.25, 0.3) is 0 Å². The van der Waals surface area contributed by atoms with Gasteiger partial charge in [0.1, 0.15) is 29.7 Å². The van der Waals surface area contributed by atoms with Crippen LogP contribution in [0.4, 0.5) is 4.79 Å². The van der Waals surface area contributed by atoms with Gasteiger partial charge in [-0.2, -0.15) is 0 Å². The third kappa shape index (κ3) is 5.82. The number of carbonyl (C=O) groups excluding carboxylic acids is 2. The molecule has 2 rings (SSSR count). The van der Waals surface area contributed by atoms with Gasteiger partial charge in [-0.05, 0) is 57.9 Å². The monoisotopic (exact) mass is 364 g/mol. The van der Waals surface area contributed by atoms with Crippen LogP contribution in [-0.4, -0.2) is 55.3 Å². The average molecular weight is 364 g/mol. The smallest absolute Gasteiger partial charge is 0.410 e. The molecular weight excluding hydrogens is 336 g/mol.